The molecule has 2 N–H and O–H groups in total. The summed E-state index contributed by atoms with van der Waals surface area (Å²) in [6, 6.07) is 6.00. The molecule has 1 aromatic carbocycles. The number of nitriles is 1. The lowest BCUT2D eigenvalue weighted by Gasteiger charge is -2.07. The van der Waals surface area contributed by atoms with E-state index in [4.69, 9.17) is 16.9 Å². The molecule has 0 spiro atoms. The molecular weight excluding hydrogens is 356 g/mol. The summed E-state index contributed by atoms with van der Waals surface area (Å²) in [4.78, 5) is 0.0160. The fraction of sp³-hybridized carbons (Fsp3) is 0. The summed E-state index contributed by atoms with van der Waals surface area (Å²) in [6.07, 6.45) is 1.23. The Hall–Kier alpha value is -1.56. The first-order chi connectivity index (χ1) is 8.94. The topological polar surface area (TPSA) is 98.6 Å². The average molecular weight is 362 g/mol. The molecule has 0 unspecified atom stereocenters. The highest BCUT2D eigenvalue weighted by atomic mass is 79.9. The zero-order chi connectivity index (χ0) is 14.0. The van der Waals surface area contributed by atoms with Gasteiger partial charge < -0.3 is 0 Å². The molecule has 9 heteroatoms. The predicted molar refractivity (Wildman–Crippen MR) is 73.3 cm³/mol. The molecule has 0 atom stereocenters. The number of hydrogen-bond donors (Lipinski definition) is 2. The van der Waals surface area contributed by atoms with E-state index >= 15 is 0 Å². The average Bonchev–Trinajstić information content (AvgIpc) is 2.79. The van der Waals surface area contributed by atoms with Gasteiger partial charge in [-0.1, -0.05) is 11.6 Å². The molecular formula is C10H6BrClN4O2S. The second-order valence-electron chi connectivity index (χ2n) is 3.45. The molecule has 2 rings (SSSR count). The van der Waals surface area contributed by atoms with Crippen LogP contribution in [0.15, 0.2) is 33.8 Å². The lowest BCUT2D eigenvalue weighted by molar-refractivity contribution is 0.601. The molecule has 19 heavy (non-hydrogen) atoms. The summed E-state index contributed by atoms with van der Waals surface area (Å²) in [7, 11) is -3.82. The number of nitrogens with one attached hydrogen (secondary N) is 2. The number of anilines is 1. The van der Waals surface area contributed by atoms with Crippen molar-refractivity contribution in [3.63, 3.8) is 0 Å². The Bertz CT molecular complexity index is 766. The van der Waals surface area contributed by atoms with Gasteiger partial charge in [-0.2, -0.15) is 10.4 Å². The highest BCUT2D eigenvalue weighted by Crippen LogP contribution is 2.26. The van der Waals surface area contributed by atoms with Gasteiger partial charge in [0.1, 0.15) is 11.6 Å². The normalized spacial score (nSPS) is 11.0. The minimum absolute atomic E-state index is 0.0160. The fourth-order valence-electron chi connectivity index (χ4n) is 1.29. The Morgan fingerprint density at radius 1 is 1.47 bits per heavy atom. The third-order valence-electron chi connectivity index (χ3n) is 2.20. The van der Waals surface area contributed by atoms with E-state index in [0.717, 1.165) is 0 Å². The number of sulfonamides is 1. The van der Waals surface area contributed by atoms with Gasteiger partial charge in [-0.05, 0) is 34.1 Å². The van der Waals surface area contributed by atoms with Gasteiger partial charge in [-0.25, -0.2) is 8.42 Å². The smallest absolute Gasteiger partial charge is 0.263 e. The molecule has 1 aromatic heterocycles. The van der Waals surface area contributed by atoms with Crippen molar-refractivity contribution in [2.75, 3.05) is 4.72 Å². The zero-order valence-electron chi connectivity index (χ0n) is 9.18. The van der Waals surface area contributed by atoms with Crippen molar-refractivity contribution in [3.05, 3.63) is 39.5 Å². The fourth-order valence-corrected chi connectivity index (χ4v) is 3.00. The summed E-state index contributed by atoms with van der Waals surface area (Å²) in [5, 5.41) is 15.2. The SMILES string of the molecule is N#Cc1cn[nH]c1NS(=O)(=O)c1ccc(Cl)c(Br)c1. The summed E-state index contributed by atoms with van der Waals surface area (Å²) < 4.78 is 26.9. The second-order valence-corrected chi connectivity index (χ2v) is 6.40. The number of hydrogen-bond acceptors (Lipinski definition) is 4. The maximum Gasteiger partial charge on any atom is 0.263 e. The van der Waals surface area contributed by atoms with Gasteiger partial charge in [0.25, 0.3) is 10.0 Å². The third kappa shape index (κ3) is 2.89. The second kappa shape index (κ2) is 5.21. The number of aromatic nitrogens is 2. The molecule has 98 valence electrons. The Morgan fingerprint density at radius 2 is 2.21 bits per heavy atom. The van der Waals surface area contributed by atoms with Crippen LogP contribution in [0.3, 0.4) is 0 Å². The number of H-pyrrole nitrogens is 1. The summed E-state index contributed by atoms with van der Waals surface area (Å²) in [5.74, 6) is 0.0218. The van der Waals surface area contributed by atoms with Crippen LogP contribution in [-0.4, -0.2) is 18.6 Å². The highest BCUT2D eigenvalue weighted by Gasteiger charge is 2.18. The standard InChI is InChI=1S/C10H6BrClN4O2S/c11-8-3-7(1-2-9(8)12)19(17,18)16-10-6(4-13)5-14-15-10/h1-3,5H,(H2,14,15,16). The van der Waals surface area contributed by atoms with Gasteiger partial charge in [0.05, 0.1) is 16.1 Å². The predicted octanol–water partition coefficient (Wildman–Crippen LogP) is 2.50. The van der Waals surface area contributed by atoms with Crippen molar-refractivity contribution < 1.29 is 8.42 Å². The number of aromatic amines is 1. The minimum Gasteiger partial charge on any atom is -0.263 e. The van der Waals surface area contributed by atoms with E-state index < -0.39 is 10.0 Å². The van der Waals surface area contributed by atoms with Crippen molar-refractivity contribution in [1.29, 1.82) is 5.26 Å². The van der Waals surface area contributed by atoms with Crippen molar-refractivity contribution in [3.8, 4) is 6.07 Å². The molecule has 0 fully saturated rings. The van der Waals surface area contributed by atoms with E-state index in [9.17, 15) is 8.42 Å². The van der Waals surface area contributed by atoms with Gasteiger partial charge in [0, 0.05) is 4.47 Å². The first-order valence-electron chi connectivity index (χ1n) is 4.85. The van der Waals surface area contributed by atoms with Crippen molar-refractivity contribution in [2.45, 2.75) is 4.90 Å². The van der Waals surface area contributed by atoms with E-state index in [-0.39, 0.29) is 16.3 Å². The van der Waals surface area contributed by atoms with Crippen LogP contribution < -0.4 is 4.72 Å². The lowest BCUT2D eigenvalue weighted by atomic mass is 10.4. The summed E-state index contributed by atoms with van der Waals surface area (Å²) in [5.41, 5.74) is 0.108. The molecule has 0 aliphatic carbocycles. The number of halogens is 2. The van der Waals surface area contributed by atoms with Gasteiger partial charge in [-0.15, -0.1) is 0 Å². The van der Waals surface area contributed by atoms with E-state index in [0.29, 0.717) is 9.50 Å². The molecule has 0 aliphatic heterocycles. The molecule has 1 heterocycles. The summed E-state index contributed by atoms with van der Waals surface area (Å²) in [6.45, 7) is 0. The maximum atomic E-state index is 12.1. The first-order valence-corrected chi connectivity index (χ1v) is 7.51. The molecule has 0 radical (unpaired) electrons. The van der Waals surface area contributed by atoms with Gasteiger partial charge in [-0.3, -0.25) is 9.82 Å². The van der Waals surface area contributed by atoms with Crippen LogP contribution in [0.25, 0.3) is 0 Å². The van der Waals surface area contributed by atoms with Gasteiger partial charge >= 0.3 is 0 Å². The molecule has 0 saturated carbocycles. The Morgan fingerprint density at radius 3 is 2.84 bits per heavy atom. The van der Waals surface area contributed by atoms with E-state index in [1.807, 2.05) is 6.07 Å². The van der Waals surface area contributed by atoms with Crippen molar-refractivity contribution in [2.24, 2.45) is 0 Å². The highest BCUT2D eigenvalue weighted by molar-refractivity contribution is 9.10. The Kier molecular flexibility index (Phi) is 3.80. The monoisotopic (exact) mass is 360 g/mol. The van der Waals surface area contributed by atoms with Crippen molar-refractivity contribution in [1.82, 2.24) is 10.2 Å². The van der Waals surface area contributed by atoms with Crippen LogP contribution in [0, 0.1) is 11.3 Å². The number of rotatable bonds is 3. The largest absolute Gasteiger partial charge is 0.263 e. The van der Waals surface area contributed by atoms with Crippen LogP contribution in [0.4, 0.5) is 5.82 Å². The van der Waals surface area contributed by atoms with E-state index in [2.05, 4.69) is 30.8 Å². The van der Waals surface area contributed by atoms with Gasteiger partial charge in [0.15, 0.2) is 5.82 Å². The molecule has 0 saturated heterocycles. The van der Waals surface area contributed by atoms with Crippen LogP contribution in [0.2, 0.25) is 5.02 Å². The molecule has 0 aliphatic rings. The molecule has 6 nitrogen and oxygen atoms in total. The Labute approximate surface area is 122 Å². The maximum absolute atomic E-state index is 12.1. The van der Waals surface area contributed by atoms with Gasteiger partial charge in [0.2, 0.25) is 0 Å². The number of benzene rings is 1. The van der Waals surface area contributed by atoms with E-state index in [1.165, 1.54) is 24.4 Å². The minimum atomic E-state index is -3.82. The molecule has 0 amide bonds. The van der Waals surface area contributed by atoms with E-state index in [1.54, 1.807) is 0 Å². The number of nitrogens with zero attached hydrogens (tertiary/aromatic N) is 2. The van der Waals surface area contributed by atoms with Crippen LogP contribution in [0.5, 0.6) is 0 Å². The molecule has 0 bridgehead atoms. The third-order valence-corrected chi connectivity index (χ3v) is 4.76. The van der Waals surface area contributed by atoms with Crippen molar-refractivity contribution >= 4 is 43.4 Å². The Balaban J connectivity index is 2.38. The van der Waals surface area contributed by atoms with Crippen LogP contribution in [0.1, 0.15) is 5.56 Å². The lowest BCUT2D eigenvalue weighted by Crippen LogP contribution is -2.14. The van der Waals surface area contributed by atoms with Crippen LogP contribution >= 0.6 is 27.5 Å². The summed E-state index contributed by atoms with van der Waals surface area (Å²) >= 11 is 8.95. The molecule has 2 aromatic rings. The quantitative estimate of drug-likeness (QED) is 0.877. The zero-order valence-corrected chi connectivity index (χ0v) is 12.3. The first kappa shape index (κ1) is 13.9. The van der Waals surface area contributed by atoms with Crippen LogP contribution in [-0.2, 0) is 10.0 Å².